The van der Waals surface area contributed by atoms with Gasteiger partial charge in [-0.25, -0.2) is 4.68 Å². The Morgan fingerprint density at radius 2 is 1.88 bits per heavy atom. The second-order valence-corrected chi connectivity index (χ2v) is 5.37. The SMILES string of the molecule is CC(C)C(C)(O)Cn1cc(C(C)(C)O)nn1. The van der Waals surface area contributed by atoms with E-state index in [0.717, 1.165) is 0 Å². The molecular formula is C11H21N3O2. The molecule has 0 aliphatic carbocycles. The molecule has 0 spiro atoms. The van der Waals surface area contributed by atoms with Gasteiger partial charge < -0.3 is 10.2 Å². The van der Waals surface area contributed by atoms with E-state index < -0.39 is 11.2 Å². The lowest BCUT2D eigenvalue weighted by molar-refractivity contribution is -0.00619. The third-order valence-corrected chi connectivity index (χ3v) is 2.89. The van der Waals surface area contributed by atoms with Gasteiger partial charge >= 0.3 is 0 Å². The lowest BCUT2D eigenvalue weighted by atomic mass is 9.93. The Bertz CT molecular complexity index is 350. The monoisotopic (exact) mass is 227 g/mol. The number of aliphatic hydroxyl groups is 2. The molecule has 0 aliphatic rings. The first kappa shape index (κ1) is 13.1. The molecule has 1 aromatic rings. The van der Waals surface area contributed by atoms with Gasteiger partial charge in [0.05, 0.1) is 18.3 Å². The summed E-state index contributed by atoms with van der Waals surface area (Å²) in [5.74, 6) is 0.127. The molecule has 1 heterocycles. The highest BCUT2D eigenvalue weighted by Crippen LogP contribution is 2.20. The molecule has 5 heteroatoms. The summed E-state index contributed by atoms with van der Waals surface area (Å²) < 4.78 is 1.56. The quantitative estimate of drug-likeness (QED) is 0.802. The van der Waals surface area contributed by atoms with Crippen LogP contribution in [0, 0.1) is 5.92 Å². The zero-order chi connectivity index (χ0) is 12.6. The molecule has 0 aromatic carbocycles. The Morgan fingerprint density at radius 1 is 1.31 bits per heavy atom. The first-order valence-corrected chi connectivity index (χ1v) is 5.48. The molecule has 92 valence electrons. The minimum atomic E-state index is -0.998. The number of aromatic nitrogens is 3. The molecule has 0 saturated heterocycles. The predicted molar refractivity (Wildman–Crippen MR) is 60.7 cm³/mol. The summed E-state index contributed by atoms with van der Waals surface area (Å²) in [5, 5.41) is 27.6. The molecule has 1 unspecified atom stereocenters. The molecule has 2 N–H and O–H groups in total. The first-order chi connectivity index (χ1) is 7.13. The van der Waals surface area contributed by atoms with E-state index in [1.165, 1.54) is 0 Å². The van der Waals surface area contributed by atoms with Gasteiger partial charge in [-0.2, -0.15) is 0 Å². The average Bonchev–Trinajstić information content (AvgIpc) is 2.50. The Kier molecular flexibility index (Phi) is 3.40. The van der Waals surface area contributed by atoms with Crippen LogP contribution in [-0.4, -0.2) is 30.8 Å². The molecule has 16 heavy (non-hydrogen) atoms. The van der Waals surface area contributed by atoms with E-state index in [1.54, 1.807) is 31.6 Å². The number of hydrogen-bond donors (Lipinski definition) is 2. The molecule has 0 amide bonds. The fraction of sp³-hybridized carbons (Fsp3) is 0.818. The van der Waals surface area contributed by atoms with E-state index >= 15 is 0 Å². The fourth-order valence-electron chi connectivity index (χ4n) is 1.17. The van der Waals surface area contributed by atoms with Crippen LogP contribution in [0.2, 0.25) is 0 Å². The number of rotatable bonds is 4. The first-order valence-electron chi connectivity index (χ1n) is 5.48. The largest absolute Gasteiger partial charge is 0.388 e. The third-order valence-electron chi connectivity index (χ3n) is 2.89. The van der Waals surface area contributed by atoms with Crippen molar-refractivity contribution >= 4 is 0 Å². The summed E-state index contributed by atoms with van der Waals surface area (Å²) in [6.45, 7) is 9.35. The van der Waals surface area contributed by atoms with Crippen LogP contribution in [0.1, 0.15) is 40.3 Å². The zero-order valence-corrected chi connectivity index (χ0v) is 10.6. The van der Waals surface area contributed by atoms with Crippen molar-refractivity contribution < 1.29 is 10.2 Å². The summed E-state index contributed by atoms with van der Waals surface area (Å²) in [4.78, 5) is 0. The van der Waals surface area contributed by atoms with Crippen LogP contribution in [0.4, 0.5) is 0 Å². The van der Waals surface area contributed by atoms with E-state index in [1.807, 2.05) is 13.8 Å². The fourth-order valence-corrected chi connectivity index (χ4v) is 1.17. The maximum atomic E-state index is 10.1. The van der Waals surface area contributed by atoms with Gasteiger partial charge in [-0.3, -0.25) is 0 Å². The normalized spacial score (nSPS) is 16.5. The smallest absolute Gasteiger partial charge is 0.114 e. The second-order valence-electron chi connectivity index (χ2n) is 5.37. The highest BCUT2D eigenvalue weighted by atomic mass is 16.3. The molecule has 1 aromatic heterocycles. The van der Waals surface area contributed by atoms with Crippen molar-refractivity contribution in [3.05, 3.63) is 11.9 Å². The summed E-state index contributed by atoms with van der Waals surface area (Å²) in [6.07, 6.45) is 1.66. The lowest BCUT2D eigenvalue weighted by Crippen LogP contribution is -2.36. The molecule has 0 radical (unpaired) electrons. The summed E-state index contributed by atoms with van der Waals surface area (Å²) in [5.41, 5.74) is -1.32. The van der Waals surface area contributed by atoms with Crippen LogP contribution >= 0.6 is 0 Å². The maximum Gasteiger partial charge on any atom is 0.114 e. The Labute approximate surface area is 96.1 Å². The zero-order valence-electron chi connectivity index (χ0n) is 10.6. The topological polar surface area (TPSA) is 71.2 Å². The lowest BCUT2D eigenvalue weighted by Gasteiger charge is -2.27. The standard InChI is InChI=1S/C11H21N3O2/c1-8(2)11(5,16)7-14-6-9(12-13-14)10(3,4)15/h6,8,15-16H,7H2,1-5H3. The van der Waals surface area contributed by atoms with Gasteiger partial charge in [-0.15, -0.1) is 5.10 Å². The van der Waals surface area contributed by atoms with Crippen molar-refractivity contribution in [2.45, 2.75) is 52.4 Å². The van der Waals surface area contributed by atoms with Gasteiger partial charge in [0, 0.05) is 0 Å². The van der Waals surface area contributed by atoms with Crippen molar-refractivity contribution in [1.29, 1.82) is 0 Å². The van der Waals surface area contributed by atoms with Crippen molar-refractivity contribution in [3.63, 3.8) is 0 Å². The van der Waals surface area contributed by atoms with Crippen LogP contribution in [-0.2, 0) is 12.1 Å². The predicted octanol–water partition coefficient (Wildman–Crippen LogP) is 0.912. The van der Waals surface area contributed by atoms with E-state index in [2.05, 4.69) is 10.3 Å². The van der Waals surface area contributed by atoms with E-state index in [0.29, 0.717) is 12.2 Å². The number of hydrogen-bond acceptors (Lipinski definition) is 4. The van der Waals surface area contributed by atoms with Crippen molar-refractivity contribution in [2.75, 3.05) is 0 Å². The molecule has 0 bridgehead atoms. The van der Waals surface area contributed by atoms with E-state index in [-0.39, 0.29) is 5.92 Å². The van der Waals surface area contributed by atoms with Crippen LogP contribution in [0.3, 0.4) is 0 Å². The molecule has 1 rings (SSSR count). The molecule has 0 fully saturated rings. The van der Waals surface area contributed by atoms with E-state index in [9.17, 15) is 10.2 Å². The van der Waals surface area contributed by atoms with Crippen LogP contribution < -0.4 is 0 Å². The van der Waals surface area contributed by atoms with Gasteiger partial charge in [0.15, 0.2) is 0 Å². The van der Waals surface area contributed by atoms with Gasteiger partial charge in [0.1, 0.15) is 11.3 Å². The Hall–Kier alpha value is -0.940. The summed E-state index contributed by atoms with van der Waals surface area (Å²) in [6, 6.07) is 0. The van der Waals surface area contributed by atoms with Gasteiger partial charge in [0.2, 0.25) is 0 Å². The number of nitrogens with zero attached hydrogens (tertiary/aromatic N) is 3. The average molecular weight is 227 g/mol. The van der Waals surface area contributed by atoms with Crippen molar-refractivity contribution in [2.24, 2.45) is 5.92 Å². The highest BCUT2D eigenvalue weighted by Gasteiger charge is 2.27. The molecule has 5 nitrogen and oxygen atoms in total. The molecule has 0 aliphatic heterocycles. The molecule has 0 saturated carbocycles. The third kappa shape index (κ3) is 3.02. The Morgan fingerprint density at radius 3 is 2.25 bits per heavy atom. The van der Waals surface area contributed by atoms with Gasteiger partial charge in [0.25, 0.3) is 0 Å². The summed E-state index contributed by atoms with van der Waals surface area (Å²) >= 11 is 0. The van der Waals surface area contributed by atoms with Gasteiger partial charge in [-0.05, 0) is 26.7 Å². The molecule has 1 atom stereocenters. The maximum absolute atomic E-state index is 10.1. The minimum absolute atomic E-state index is 0.127. The van der Waals surface area contributed by atoms with Crippen LogP contribution in [0.25, 0.3) is 0 Å². The van der Waals surface area contributed by atoms with Gasteiger partial charge in [-0.1, -0.05) is 19.1 Å². The van der Waals surface area contributed by atoms with Crippen molar-refractivity contribution in [3.8, 4) is 0 Å². The molecular weight excluding hydrogens is 206 g/mol. The summed E-state index contributed by atoms with van der Waals surface area (Å²) in [7, 11) is 0. The van der Waals surface area contributed by atoms with Crippen LogP contribution in [0.5, 0.6) is 0 Å². The highest BCUT2D eigenvalue weighted by molar-refractivity contribution is 5.03. The van der Waals surface area contributed by atoms with E-state index in [4.69, 9.17) is 0 Å². The second kappa shape index (κ2) is 4.14. The minimum Gasteiger partial charge on any atom is -0.388 e. The van der Waals surface area contributed by atoms with Crippen LogP contribution in [0.15, 0.2) is 6.20 Å². The Balaban J connectivity index is 2.81. The van der Waals surface area contributed by atoms with Crippen molar-refractivity contribution in [1.82, 2.24) is 15.0 Å².